The molecule has 0 amide bonds. The second-order valence-electron chi connectivity index (χ2n) is 3.88. The first-order chi connectivity index (χ1) is 8.76. The Bertz CT molecular complexity index is 237. The summed E-state index contributed by atoms with van der Waals surface area (Å²) in [5.74, 6) is 0. The minimum Gasteiger partial charge on any atom is -0.376 e. The molecular formula is C17H27FeO. The van der Waals surface area contributed by atoms with Crippen LogP contribution < -0.4 is 0 Å². The topological polar surface area (TPSA) is 17.1 Å². The fourth-order valence-electron chi connectivity index (χ4n) is 1.01. The van der Waals surface area contributed by atoms with E-state index in [0.29, 0.717) is 5.56 Å². The molecule has 1 aromatic carbocycles. The number of unbranched alkanes of at least 4 members (excludes halogenated alkanes) is 4. The van der Waals surface area contributed by atoms with E-state index in [9.17, 15) is 4.79 Å². The van der Waals surface area contributed by atoms with Crippen LogP contribution in [0.25, 0.3) is 0 Å². The molecule has 0 spiro atoms. The Kier molecular flexibility index (Phi) is 27.9. The number of rotatable bonds is 5. The summed E-state index contributed by atoms with van der Waals surface area (Å²) in [6.45, 7) is 11.7. The third kappa shape index (κ3) is 23.0. The third-order valence-corrected chi connectivity index (χ3v) is 2.10. The van der Waals surface area contributed by atoms with Gasteiger partial charge in [0, 0.05) is 0 Å². The molecule has 0 saturated carbocycles. The van der Waals surface area contributed by atoms with Crippen LogP contribution in [0, 0.1) is 13.8 Å². The van der Waals surface area contributed by atoms with Gasteiger partial charge in [0.05, 0.1) is 6.29 Å². The van der Waals surface area contributed by atoms with Crippen LogP contribution in [0.5, 0.6) is 0 Å². The Morgan fingerprint density at radius 1 is 0.947 bits per heavy atom. The van der Waals surface area contributed by atoms with E-state index in [4.69, 9.17) is 0 Å². The van der Waals surface area contributed by atoms with Crippen molar-refractivity contribution in [1.29, 1.82) is 0 Å². The van der Waals surface area contributed by atoms with Crippen LogP contribution >= 0.6 is 0 Å². The predicted octanol–water partition coefficient (Wildman–Crippen LogP) is 5.16. The Morgan fingerprint density at radius 3 is 1.53 bits per heavy atom. The molecule has 2 heteroatoms. The SMILES string of the molecule is O=[C-]c1ccccc1.[CH2-]CCCC.[CH2-]CCCC.[Fe+3]. The Hall–Kier alpha value is -0.591. The molecule has 1 nitrogen and oxygen atoms in total. The summed E-state index contributed by atoms with van der Waals surface area (Å²) in [6, 6.07) is 8.90. The standard InChI is InChI=1S/C7H5O.2C5H11.Fe/c8-6-7-4-2-1-3-5-7;2*1-3-5-4-2;/h1-5H;2*1,3-5H2,2H3;/q3*-1;+3. The van der Waals surface area contributed by atoms with E-state index >= 15 is 0 Å². The van der Waals surface area contributed by atoms with Crippen molar-refractivity contribution >= 4 is 6.29 Å². The molecule has 0 aliphatic heterocycles. The molecule has 0 fully saturated rings. The van der Waals surface area contributed by atoms with E-state index in [1.807, 2.05) is 6.07 Å². The van der Waals surface area contributed by atoms with Crippen molar-refractivity contribution in [2.45, 2.75) is 52.4 Å². The van der Waals surface area contributed by atoms with E-state index in [-0.39, 0.29) is 17.1 Å². The molecule has 0 saturated heterocycles. The molecule has 19 heavy (non-hydrogen) atoms. The van der Waals surface area contributed by atoms with Gasteiger partial charge >= 0.3 is 17.1 Å². The van der Waals surface area contributed by atoms with Crippen molar-refractivity contribution in [3.63, 3.8) is 0 Å². The minimum absolute atomic E-state index is 0. The van der Waals surface area contributed by atoms with E-state index in [2.05, 4.69) is 27.7 Å². The van der Waals surface area contributed by atoms with Crippen molar-refractivity contribution in [3.8, 4) is 0 Å². The quantitative estimate of drug-likeness (QED) is 0.542. The van der Waals surface area contributed by atoms with Gasteiger partial charge in [-0.1, -0.05) is 45.6 Å². The summed E-state index contributed by atoms with van der Waals surface area (Å²) in [4.78, 5) is 9.88. The van der Waals surface area contributed by atoms with Crippen molar-refractivity contribution < 1.29 is 21.9 Å². The molecule has 0 aromatic heterocycles. The summed E-state index contributed by atoms with van der Waals surface area (Å²) in [6.07, 6.45) is 9.08. The first-order valence-electron chi connectivity index (χ1n) is 6.78. The van der Waals surface area contributed by atoms with Gasteiger partial charge in [0.25, 0.3) is 0 Å². The van der Waals surface area contributed by atoms with Crippen LogP contribution in [0.2, 0.25) is 0 Å². The molecule has 109 valence electrons. The maximum Gasteiger partial charge on any atom is 3.00 e. The molecule has 1 radical (unpaired) electrons. The molecular weight excluding hydrogens is 276 g/mol. The van der Waals surface area contributed by atoms with E-state index in [0.717, 1.165) is 12.8 Å². The smallest absolute Gasteiger partial charge is 0.376 e. The average molecular weight is 303 g/mol. The summed E-state index contributed by atoms with van der Waals surface area (Å²) in [7, 11) is 0. The van der Waals surface area contributed by atoms with Gasteiger partial charge in [0.1, 0.15) is 0 Å². The van der Waals surface area contributed by atoms with Crippen molar-refractivity contribution in [1.82, 2.24) is 0 Å². The molecule has 0 heterocycles. The average Bonchev–Trinajstić information content (AvgIpc) is 2.43. The fraction of sp³-hybridized carbons (Fsp3) is 0.471. The zero-order valence-electron chi connectivity index (χ0n) is 12.3. The predicted molar refractivity (Wildman–Crippen MR) is 81.0 cm³/mol. The van der Waals surface area contributed by atoms with Crippen LogP contribution in [0.4, 0.5) is 0 Å². The normalized spacial score (nSPS) is 8.00. The molecule has 0 aliphatic rings. The van der Waals surface area contributed by atoms with E-state index in [1.54, 1.807) is 30.6 Å². The van der Waals surface area contributed by atoms with Crippen LogP contribution in [0.3, 0.4) is 0 Å². The number of hydrogen-bond donors (Lipinski definition) is 0. The summed E-state index contributed by atoms with van der Waals surface area (Å²) in [5.41, 5.74) is 0.604. The van der Waals surface area contributed by atoms with Gasteiger partial charge in [-0.2, -0.15) is 30.5 Å². The molecule has 0 N–H and O–H groups in total. The maximum absolute atomic E-state index is 9.88. The van der Waals surface area contributed by atoms with Crippen molar-refractivity contribution in [2.75, 3.05) is 0 Å². The van der Waals surface area contributed by atoms with E-state index in [1.165, 1.54) is 25.7 Å². The molecule has 0 bridgehead atoms. The summed E-state index contributed by atoms with van der Waals surface area (Å²) < 4.78 is 0. The molecule has 1 aromatic rings. The molecule has 0 unspecified atom stereocenters. The van der Waals surface area contributed by atoms with Crippen LogP contribution in [0.15, 0.2) is 30.3 Å². The largest absolute Gasteiger partial charge is 3.00 e. The van der Waals surface area contributed by atoms with E-state index < -0.39 is 0 Å². The fourth-order valence-corrected chi connectivity index (χ4v) is 1.01. The number of hydrogen-bond acceptors (Lipinski definition) is 1. The van der Waals surface area contributed by atoms with Crippen molar-refractivity contribution in [3.05, 3.63) is 49.7 Å². The van der Waals surface area contributed by atoms with Crippen molar-refractivity contribution in [2.24, 2.45) is 0 Å². The Labute approximate surface area is 130 Å². The minimum atomic E-state index is 0. The first kappa shape index (κ1) is 23.5. The van der Waals surface area contributed by atoms with Gasteiger partial charge in [0.2, 0.25) is 0 Å². The van der Waals surface area contributed by atoms with Crippen LogP contribution in [-0.2, 0) is 21.9 Å². The zero-order valence-corrected chi connectivity index (χ0v) is 13.4. The van der Waals surface area contributed by atoms with Gasteiger partial charge < -0.3 is 18.6 Å². The van der Waals surface area contributed by atoms with Gasteiger partial charge in [-0.25, -0.2) is 0 Å². The van der Waals surface area contributed by atoms with Crippen LogP contribution in [-0.4, -0.2) is 6.29 Å². The Morgan fingerprint density at radius 2 is 1.37 bits per heavy atom. The monoisotopic (exact) mass is 303 g/mol. The molecule has 0 aliphatic carbocycles. The first-order valence-corrected chi connectivity index (χ1v) is 6.78. The zero-order chi connectivity index (χ0) is 14.1. The second kappa shape index (κ2) is 22.6. The number of benzene rings is 1. The molecule has 0 atom stereocenters. The van der Waals surface area contributed by atoms with Gasteiger partial charge in [0.15, 0.2) is 0 Å². The second-order valence-corrected chi connectivity index (χ2v) is 3.88. The van der Waals surface area contributed by atoms with Gasteiger partial charge in [-0.3, -0.25) is 0 Å². The Balaban J connectivity index is -0.000000208. The van der Waals surface area contributed by atoms with Crippen LogP contribution in [0.1, 0.15) is 57.9 Å². The third-order valence-electron chi connectivity index (χ3n) is 2.10. The number of carbonyl (C=O) groups excluding carboxylic acids is 1. The van der Waals surface area contributed by atoms with Gasteiger partial charge in [-0.15, -0.1) is 12.1 Å². The molecule has 1 rings (SSSR count). The van der Waals surface area contributed by atoms with Gasteiger partial charge in [-0.05, 0) is 0 Å². The summed E-state index contributed by atoms with van der Waals surface area (Å²) in [5, 5.41) is 0. The summed E-state index contributed by atoms with van der Waals surface area (Å²) >= 11 is 0. The maximum atomic E-state index is 9.88.